The van der Waals surface area contributed by atoms with Crippen molar-refractivity contribution in [1.82, 2.24) is 0 Å². The standard InChI is InChI=1S/C15H32O2Si/c1-9-15(16)14(8)10-17-18(11(2)3,12(4)5)13(6)7/h11-14H,9-10H2,1-8H3/t14-/m1/s1. The summed E-state index contributed by atoms with van der Waals surface area (Å²) >= 11 is 0. The lowest BCUT2D eigenvalue weighted by atomic mass is 10.1. The van der Waals surface area contributed by atoms with Crippen molar-refractivity contribution in [2.24, 2.45) is 5.92 Å². The van der Waals surface area contributed by atoms with Crippen LogP contribution in [0.3, 0.4) is 0 Å². The Morgan fingerprint density at radius 1 is 0.944 bits per heavy atom. The number of rotatable bonds is 8. The molecule has 0 aromatic rings. The number of ketones is 1. The molecule has 0 aromatic carbocycles. The number of carbonyl (C=O) groups is 1. The van der Waals surface area contributed by atoms with Gasteiger partial charge in [-0.15, -0.1) is 0 Å². The average molecular weight is 273 g/mol. The Hall–Kier alpha value is -0.153. The lowest BCUT2D eigenvalue weighted by Crippen LogP contribution is -2.48. The van der Waals surface area contributed by atoms with Crippen molar-refractivity contribution < 1.29 is 9.22 Å². The van der Waals surface area contributed by atoms with Gasteiger partial charge in [-0.05, 0) is 16.6 Å². The molecule has 0 bridgehead atoms. The van der Waals surface area contributed by atoms with E-state index in [9.17, 15) is 4.79 Å². The van der Waals surface area contributed by atoms with E-state index in [4.69, 9.17) is 4.43 Å². The van der Waals surface area contributed by atoms with Crippen LogP contribution in [0.4, 0.5) is 0 Å². The van der Waals surface area contributed by atoms with Gasteiger partial charge in [-0.1, -0.05) is 55.4 Å². The van der Waals surface area contributed by atoms with Crippen molar-refractivity contribution in [3.63, 3.8) is 0 Å². The average Bonchev–Trinajstić information content (AvgIpc) is 2.26. The highest BCUT2D eigenvalue weighted by molar-refractivity contribution is 6.77. The minimum atomic E-state index is -1.80. The van der Waals surface area contributed by atoms with E-state index in [1.54, 1.807) is 0 Å². The smallest absolute Gasteiger partial charge is 0.200 e. The molecule has 0 aromatic heterocycles. The van der Waals surface area contributed by atoms with Crippen LogP contribution in [0.15, 0.2) is 0 Å². The van der Waals surface area contributed by atoms with E-state index in [1.165, 1.54) is 0 Å². The number of carbonyl (C=O) groups excluding carboxylic acids is 1. The predicted octanol–water partition coefficient (Wildman–Crippen LogP) is 4.79. The number of hydrogen-bond donors (Lipinski definition) is 0. The molecule has 0 spiro atoms. The van der Waals surface area contributed by atoms with Gasteiger partial charge < -0.3 is 4.43 Å². The van der Waals surface area contributed by atoms with Gasteiger partial charge >= 0.3 is 0 Å². The first-order valence-corrected chi connectivity index (χ1v) is 9.50. The van der Waals surface area contributed by atoms with Gasteiger partial charge in [-0.3, -0.25) is 4.79 Å². The second kappa shape index (κ2) is 7.44. The fourth-order valence-corrected chi connectivity index (χ4v) is 8.75. The van der Waals surface area contributed by atoms with Gasteiger partial charge in [0.2, 0.25) is 0 Å². The Kier molecular flexibility index (Phi) is 7.38. The molecule has 2 nitrogen and oxygen atoms in total. The van der Waals surface area contributed by atoms with E-state index in [-0.39, 0.29) is 5.92 Å². The third-order valence-electron chi connectivity index (χ3n) is 4.19. The highest BCUT2D eigenvalue weighted by Gasteiger charge is 2.45. The van der Waals surface area contributed by atoms with Crippen molar-refractivity contribution in [2.75, 3.05) is 6.61 Å². The maximum atomic E-state index is 11.7. The van der Waals surface area contributed by atoms with Crippen LogP contribution in [0.5, 0.6) is 0 Å². The summed E-state index contributed by atoms with van der Waals surface area (Å²) in [7, 11) is -1.80. The first kappa shape index (κ1) is 17.8. The van der Waals surface area contributed by atoms with Crippen molar-refractivity contribution in [3.8, 4) is 0 Å². The molecule has 0 saturated carbocycles. The predicted molar refractivity (Wildman–Crippen MR) is 81.5 cm³/mol. The van der Waals surface area contributed by atoms with Crippen LogP contribution >= 0.6 is 0 Å². The Balaban J connectivity index is 4.86. The van der Waals surface area contributed by atoms with Crippen LogP contribution in [0.2, 0.25) is 16.6 Å². The van der Waals surface area contributed by atoms with Crippen LogP contribution in [0, 0.1) is 5.92 Å². The minimum absolute atomic E-state index is 0.0399. The summed E-state index contributed by atoms with van der Waals surface area (Å²) in [6, 6.07) is 0. The van der Waals surface area contributed by atoms with Gasteiger partial charge in [-0.2, -0.15) is 0 Å². The van der Waals surface area contributed by atoms with Crippen LogP contribution in [-0.4, -0.2) is 20.7 Å². The second-order valence-electron chi connectivity index (χ2n) is 6.35. The van der Waals surface area contributed by atoms with Crippen LogP contribution in [0.1, 0.15) is 61.8 Å². The van der Waals surface area contributed by atoms with Crippen LogP contribution < -0.4 is 0 Å². The molecule has 108 valence electrons. The van der Waals surface area contributed by atoms with E-state index in [0.717, 1.165) is 0 Å². The third kappa shape index (κ3) is 3.92. The van der Waals surface area contributed by atoms with Crippen molar-refractivity contribution in [3.05, 3.63) is 0 Å². The van der Waals surface area contributed by atoms with Crippen molar-refractivity contribution in [1.29, 1.82) is 0 Å². The molecule has 0 amide bonds. The molecule has 0 fully saturated rings. The van der Waals surface area contributed by atoms with E-state index >= 15 is 0 Å². The largest absolute Gasteiger partial charge is 0.415 e. The third-order valence-corrected chi connectivity index (χ3v) is 10.3. The quantitative estimate of drug-likeness (QED) is 0.594. The topological polar surface area (TPSA) is 26.3 Å². The monoisotopic (exact) mass is 272 g/mol. The Labute approximate surface area is 115 Å². The van der Waals surface area contributed by atoms with Crippen molar-refractivity contribution in [2.45, 2.75) is 78.4 Å². The van der Waals surface area contributed by atoms with E-state index < -0.39 is 8.32 Å². The normalized spacial score (nSPS) is 14.6. The van der Waals surface area contributed by atoms with Gasteiger partial charge in [-0.25, -0.2) is 0 Å². The Morgan fingerprint density at radius 2 is 1.33 bits per heavy atom. The fraction of sp³-hybridized carbons (Fsp3) is 0.933. The summed E-state index contributed by atoms with van der Waals surface area (Å²) in [6.07, 6.45) is 0.615. The zero-order valence-corrected chi connectivity index (χ0v) is 14.5. The molecule has 0 heterocycles. The maximum Gasteiger partial charge on any atom is 0.200 e. The number of hydrogen-bond acceptors (Lipinski definition) is 2. The molecule has 18 heavy (non-hydrogen) atoms. The minimum Gasteiger partial charge on any atom is -0.415 e. The van der Waals surface area contributed by atoms with Crippen LogP contribution in [-0.2, 0) is 9.22 Å². The molecule has 0 aliphatic carbocycles. The highest BCUT2D eigenvalue weighted by atomic mass is 28.4. The summed E-state index contributed by atoms with van der Waals surface area (Å²) in [5.41, 5.74) is 1.75. The molecule has 1 atom stereocenters. The molecule has 3 heteroatoms. The molecule has 0 N–H and O–H groups in total. The Morgan fingerprint density at radius 3 is 1.61 bits per heavy atom. The summed E-state index contributed by atoms with van der Waals surface area (Å²) in [5.74, 6) is 0.354. The zero-order chi connectivity index (χ0) is 14.5. The lowest BCUT2D eigenvalue weighted by Gasteiger charge is -2.42. The van der Waals surface area contributed by atoms with Gasteiger partial charge in [0.15, 0.2) is 8.32 Å². The van der Waals surface area contributed by atoms with Gasteiger partial charge in [0.1, 0.15) is 5.78 Å². The van der Waals surface area contributed by atoms with Gasteiger partial charge in [0.05, 0.1) is 0 Å². The SMILES string of the molecule is CCC(=O)[C@H](C)CO[Si](C(C)C)(C(C)C)C(C)C. The molecule has 0 saturated heterocycles. The van der Waals surface area contributed by atoms with Gasteiger partial charge in [0.25, 0.3) is 0 Å². The highest BCUT2D eigenvalue weighted by Crippen LogP contribution is 2.42. The molecule has 0 radical (unpaired) electrons. The van der Waals surface area contributed by atoms with Crippen LogP contribution in [0.25, 0.3) is 0 Å². The first-order chi connectivity index (χ1) is 8.20. The summed E-state index contributed by atoms with van der Waals surface area (Å²) in [4.78, 5) is 11.7. The van der Waals surface area contributed by atoms with Gasteiger partial charge in [0, 0.05) is 18.9 Å². The molecule has 0 unspecified atom stereocenters. The summed E-state index contributed by atoms with van der Waals surface area (Å²) in [5, 5.41) is 0. The first-order valence-electron chi connectivity index (χ1n) is 7.36. The maximum absolute atomic E-state index is 11.7. The summed E-state index contributed by atoms with van der Waals surface area (Å²) < 4.78 is 6.42. The van der Waals surface area contributed by atoms with E-state index in [0.29, 0.717) is 35.4 Å². The molecule has 0 aliphatic rings. The van der Waals surface area contributed by atoms with E-state index in [2.05, 4.69) is 41.5 Å². The fourth-order valence-electron chi connectivity index (χ4n) is 3.21. The molecular formula is C15H32O2Si. The molecule has 0 rings (SSSR count). The zero-order valence-electron chi connectivity index (χ0n) is 13.5. The van der Waals surface area contributed by atoms with Crippen molar-refractivity contribution >= 4 is 14.1 Å². The second-order valence-corrected chi connectivity index (χ2v) is 11.8. The Bertz CT molecular complexity index is 237. The number of Topliss-reactive ketones (excluding diaryl/α,β-unsaturated/α-hetero) is 1. The molecular weight excluding hydrogens is 240 g/mol. The lowest BCUT2D eigenvalue weighted by molar-refractivity contribution is -0.123. The summed E-state index contributed by atoms with van der Waals surface area (Å²) in [6.45, 7) is 18.2. The molecule has 0 aliphatic heterocycles. The van der Waals surface area contributed by atoms with E-state index in [1.807, 2.05) is 13.8 Å².